The lowest BCUT2D eigenvalue weighted by Crippen LogP contribution is -1.82. The predicted octanol–water partition coefficient (Wildman–Crippen LogP) is 2.80. The van der Waals surface area contributed by atoms with Gasteiger partial charge in [0.15, 0.2) is 0 Å². The number of hydrogen-bond acceptors (Lipinski definition) is 3. The lowest BCUT2D eigenvalue weighted by Gasteiger charge is -2.03. The predicted molar refractivity (Wildman–Crippen MR) is 63.0 cm³/mol. The van der Waals surface area contributed by atoms with Gasteiger partial charge in [-0.15, -0.1) is 0 Å². The van der Waals surface area contributed by atoms with Crippen molar-refractivity contribution in [2.75, 3.05) is 0 Å². The number of hydrogen-bond donors (Lipinski definition) is 1. The minimum atomic E-state index is -0.0487. The Morgan fingerprint density at radius 3 is 2.29 bits per heavy atom. The summed E-state index contributed by atoms with van der Waals surface area (Å²) in [4.78, 5) is 0. The summed E-state index contributed by atoms with van der Waals surface area (Å²) in [5.41, 5.74) is 2.42. The molecule has 0 aromatic heterocycles. The molecule has 0 amide bonds. The summed E-state index contributed by atoms with van der Waals surface area (Å²) >= 11 is 0. The maximum atomic E-state index is 9.59. The van der Waals surface area contributed by atoms with Gasteiger partial charge in [0.1, 0.15) is 11.8 Å². The van der Waals surface area contributed by atoms with E-state index in [1.807, 2.05) is 12.1 Å². The molecule has 0 atom stereocenters. The van der Waals surface area contributed by atoms with E-state index in [2.05, 4.69) is 6.07 Å². The quantitative estimate of drug-likeness (QED) is 0.803. The van der Waals surface area contributed by atoms with Crippen LogP contribution in [0.5, 0.6) is 5.75 Å². The van der Waals surface area contributed by atoms with Crippen molar-refractivity contribution in [3.05, 3.63) is 53.6 Å². The molecule has 0 aliphatic carbocycles. The summed E-state index contributed by atoms with van der Waals surface area (Å²) in [6, 6.07) is 15.9. The van der Waals surface area contributed by atoms with E-state index in [9.17, 15) is 5.11 Å². The Hall–Kier alpha value is -2.78. The van der Waals surface area contributed by atoms with E-state index in [4.69, 9.17) is 10.5 Å². The maximum Gasteiger partial charge on any atom is 0.133 e. The van der Waals surface area contributed by atoms with E-state index >= 15 is 0 Å². The van der Waals surface area contributed by atoms with Crippen molar-refractivity contribution >= 4 is 0 Å². The molecule has 2 aromatic carbocycles. The van der Waals surface area contributed by atoms with E-state index in [1.165, 1.54) is 6.07 Å². The number of aromatic hydroxyl groups is 1. The zero-order chi connectivity index (χ0) is 12.3. The zero-order valence-electron chi connectivity index (χ0n) is 8.88. The highest BCUT2D eigenvalue weighted by Crippen LogP contribution is 2.26. The molecule has 0 radical (unpaired) electrons. The number of nitrogens with zero attached hydrogens (tertiary/aromatic N) is 2. The van der Waals surface area contributed by atoms with Crippen molar-refractivity contribution in [2.45, 2.75) is 0 Å². The number of benzene rings is 2. The van der Waals surface area contributed by atoms with Gasteiger partial charge in [-0.25, -0.2) is 0 Å². The van der Waals surface area contributed by atoms with E-state index < -0.39 is 0 Å². The second-order valence-corrected chi connectivity index (χ2v) is 3.54. The van der Waals surface area contributed by atoms with Crippen LogP contribution in [-0.2, 0) is 0 Å². The lowest BCUT2D eigenvalue weighted by atomic mass is 10.0. The van der Waals surface area contributed by atoms with Gasteiger partial charge >= 0.3 is 0 Å². The highest BCUT2D eigenvalue weighted by molar-refractivity contribution is 5.68. The van der Waals surface area contributed by atoms with Gasteiger partial charge in [-0.2, -0.15) is 10.5 Å². The Bertz CT molecular complexity index is 648. The second-order valence-electron chi connectivity index (χ2n) is 3.54. The van der Waals surface area contributed by atoms with Gasteiger partial charge in [-0.05, 0) is 35.4 Å². The summed E-state index contributed by atoms with van der Waals surface area (Å²) in [6.45, 7) is 0. The van der Waals surface area contributed by atoms with E-state index in [0.29, 0.717) is 5.56 Å². The Labute approximate surface area is 98.8 Å². The Morgan fingerprint density at radius 1 is 0.882 bits per heavy atom. The van der Waals surface area contributed by atoms with Gasteiger partial charge in [-0.1, -0.05) is 18.2 Å². The molecule has 0 aliphatic heterocycles. The smallest absolute Gasteiger partial charge is 0.133 e. The third kappa shape index (κ3) is 2.09. The number of phenols is 1. The highest BCUT2D eigenvalue weighted by Gasteiger charge is 2.04. The summed E-state index contributed by atoms with van der Waals surface area (Å²) in [7, 11) is 0. The molecule has 17 heavy (non-hydrogen) atoms. The van der Waals surface area contributed by atoms with Crippen LogP contribution in [0.15, 0.2) is 42.5 Å². The molecule has 80 valence electrons. The average Bonchev–Trinajstić information content (AvgIpc) is 2.38. The average molecular weight is 220 g/mol. The molecule has 2 aromatic rings. The van der Waals surface area contributed by atoms with Crippen molar-refractivity contribution in [3.8, 4) is 29.0 Å². The first kappa shape index (κ1) is 10.7. The fraction of sp³-hybridized carbons (Fsp3) is 0. The highest BCUT2D eigenvalue weighted by atomic mass is 16.3. The van der Waals surface area contributed by atoms with Crippen LogP contribution < -0.4 is 0 Å². The fourth-order valence-electron chi connectivity index (χ4n) is 1.57. The standard InChI is InChI=1S/C14H8N2O/c15-8-10-2-1-3-11(6-10)12-4-5-13(9-16)14(17)7-12/h1-7,17H. The van der Waals surface area contributed by atoms with Gasteiger partial charge in [-0.3, -0.25) is 0 Å². The Morgan fingerprint density at radius 2 is 1.65 bits per heavy atom. The molecule has 0 aliphatic rings. The van der Waals surface area contributed by atoms with Crippen molar-refractivity contribution in [2.24, 2.45) is 0 Å². The van der Waals surface area contributed by atoms with Gasteiger partial charge in [0, 0.05) is 0 Å². The van der Waals surface area contributed by atoms with Crippen LogP contribution >= 0.6 is 0 Å². The second kappa shape index (κ2) is 4.38. The van der Waals surface area contributed by atoms with Crippen molar-refractivity contribution in [1.82, 2.24) is 0 Å². The van der Waals surface area contributed by atoms with Crippen molar-refractivity contribution in [1.29, 1.82) is 10.5 Å². The van der Waals surface area contributed by atoms with Gasteiger partial charge < -0.3 is 5.11 Å². The SMILES string of the molecule is N#Cc1cccc(-c2ccc(C#N)c(O)c2)c1. The van der Waals surface area contributed by atoms with Crippen LogP contribution in [0.4, 0.5) is 0 Å². The normalized spacial score (nSPS) is 9.29. The molecule has 0 unspecified atom stereocenters. The lowest BCUT2D eigenvalue weighted by molar-refractivity contribution is 0.474. The van der Waals surface area contributed by atoms with E-state index in [-0.39, 0.29) is 11.3 Å². The first-order chi connectivity index (χ1) is 8.24. The minimum absolute atomic E-state index is 0.0487. The molecular formula is C14H8N2O. The molecule has 0 saturated carbocycles. The van der Waals surface area contributed by atoms with Crippen molar-refractivity contribution in [3.63, 3.8) is 0 Å². The van der Waals surface area contributed by atoms with Crippen LogP contribution in [0.1, 0.15) is 11.1 Å². The first-order valence-electron chi connectivity index (χ1n) is 4.98. The summed E-state index contributed by atoms with van der Waals surface area (Å²) in [6.07, 6.45) is 0. The third-order valence-electron chi connectivity index (χ3n) is 2.44. The summed E-state index contributed by atoms with van der Waals surface area (Å²) < 4.78 is 0. The topological polar surface area (TPSA) is 67.8 Å². The molecule has 0 spiro atoms. The molecule has 3 heteroatoms. The van der Waals surface area contributed by atoms with Crippen LogP contribution in [0.2, 0.25) is 0 Å². The molecule has 0 fully saturated rings. The largest absolute Gasteiger partial charge is 0.507 e. The number of rotatable bonds is 1. The molecule has 0 heterocycles. The van der Waals surface area contributed by atoms with Crippen LogP contribution in [0.3, 0.4) is 0 Å². The van der Waals surface area contributed by atoms with Gasteiger partial charge in [0.05, 0.1) is 17.2 Å². The molecular weight excluding hydrogens is 212 g/mol. The minimum Gasteiger partial charge on any atom is -0.507 e. The Kier molecular flexibility index (Phi) is 2.77. The first-order valence-corrected chi connectivity index (χ1v) is 4.98. The maximum absolute atomic E-state index is 9.59. The van der Waals surface area contributed by atoms with E-state index in [1.54, 1.807) is 30.3 Å². The summed E-state index contributed by atoms with van der Waals surface area (Å²) in [5, 5.41) is 27.1. The number of phenolic OH excluding ortho intramolecular Hbond substituents is 1. The zero-order valence-corrected chi connectivity index (χ0v) is 8.88. The molecule has 2 rings (SSSR count). The van der Waals surface area contributed by atoms with Crippen molar-refractivity contribution < 1.29 is 5.11 Å². The third-order valence-corrected chi connectivity index (χ3v) is 2.44. The summed E-state index contributed by atoms with van der Waals surface area (Å²) in [5.74, 6) is -0.0487. The Balaban J connectivity index is 2.51. The van der Waals surface area contributed by atoms with Crippen LogP contribution in [0.25, 0.3) is 11.1 Å². The molecule has 1 N–H and O–H groups in total. The number of nitriles is 2. The molecule has 3 nitrogen and oxygen atoms in total. The van der Waals surface area contributed by atoms with E-state index in [0.717, 1.165) is 11.1 Å². The van der Waals surface area contributed by atoms with Crippen LogP contribution in [-0.4, -0.2) is 5.11 Å². The monoisotopic (exact) mass is 220 g/mol. The fourth-order valence-corrected chi connectivity index (χ4v) is 1.57. The molecule has 0 bridgehead atoms. The van der Waals surface area contributed by atoms with Gasteiger partial charge in [0.25, 0.3) is 0 Å². The molecule has 0 saturated heterocycles. The van der Waals surface area contributed by atoms with Gasteiger partial charge in [0.2, 0.25) is 0 Å². The van der Waals surface area contributed by atoms with Crippen LogP contribution in [0, 0.1) is 22.7 Å².